The van der Waals surface area contributed by atoms with Crippen molar-refractivity contribution < 1.29 is 18.1 Å². The molecule has 2 saturated heterocycles. The van der Waals surface area contributed by atoms with E-state index in [0.29, 0.717) is 49.6 Å². The Labute approximate surface area is 167 Å². The molecule has 2 fully saturated rings. The molecular formula is C19H29ClN3O3S+. The van der Waals surface area contributed by atoms with Crippen LogP contribution in [0.25, 0.3) is 0 Å². The molecule has 2 aliphatic rings. The zero-order valence-corrected chi connectivity index (χ0v) is 17.6. The summed E-state index contributed by atoms with van der Waals surface area (Å²) in [5.41, 5.74) is 0. The van der Waals surface area contributed by atoms with E-state index in [2.05, 4.69) is 13.8 Å². The smallest absolute Gasteiger partial charge is 0.277 e. The molecule has 0 aliphatic carbocycles. The SMILES string of the molecule is C[C@@H]1C[C@H](C)C[NH+](CC(=O)N2CCN(S(=O)(=O)c3ccc(Cl)cc3)CC2)C1. The molecule has 0 saturated carbocycles. The lowest BCUT2D eigenvalue weighted by atomic mass is 9.92. The second-order valence-electron chi connectivity index (χ2n) is 8.02. The summed E-state index contributed by atoms with van der Waals surface area (Å²) in [4.78, 5) is 16.1. The third kappa shape index (κ3) is 5.02. The van der Waals surface area contributed by atoms with Crippen LogP contribution in [0.1, 0.15) is 20.3 Å². The van der Waals surface area contributed by atoms with E-state index in [1.54, 1.807) is 12.1 Å². The number of likely N-dealkylation sites (tertiary alicyclic amines) is 1. The average molecular weight is 415 g/mol. The predicted octanol–water partition coefficient (Wildman–Crippen LogP) is 0.734. The zero-order chi connectivity index (χ0) is 19.6. The van der Waals surface area contributed by atoms with E-state index in [1.807, 2.05) is 4.90 Å². The predicted molar refractivity (Wildman–Crippen MR) is 105 cm³/mol. The molecule has 0 spiro atoms. The van der Waals surface area contributed by atoms with Crippen LogP contribution in [0.5, 0.6) is 0 Å². The number of benzene rings is 1. The standard InChI is InChI=1S/C19H28ClN3O3S/c1-15-11-16(2)13-21(12-15)14-19(24)22-7-9-23(10-8-22)27(25,26)18-5-3-17(20)4-6-18/h3-6,15-16H,7-14H2,1-2H3/p+1/t15-,16+. The van der Waals surface area contributed by atoms with Crippen LogP contribution in [-0.2, 0) is 14.8 Å². The Hall–Kier alpha value is -1.15. The fourth-order valence-electron chi connectivity index (χ4n) is 4.33. The number of carbonyl (C=O) groups is 1. The van der Waals surface area contributed by atoms with Gasteiger partial charge in [-0.3, -0.25) is 4.79 Å². The number of nitrogens with one attached hydrogen (secondary N) is 1. The van der Waals surface area contributed by atoms with Crippen LogP contribution in [0.3, 0.4) is 0 Å². The second-order valence-corrected chi connectivity index (χ2v) is 10.4. The highest BCUT2D eigenvalue weighted by Crippen LogP contribution is 2.20. The van der Waals surface area contributed by atoms with Gasteiger partial charge in [-0.2, -0.15) is 4.31 Å². The van der Waals surface area contributed by atoms with Gasteiger partial charge in [-0.25, -0.2) is 8.42 Å². The van der Waals surface area contributed by atoms with Crippen LogP contribution in [-0.4, -0.2) is 69.3 Å². The van der Waals surface area contributed by atoms with Crippen molar-refractivity contribution in [2.45, 2.75) is 25.2 Å². The number of rotatable bonds is 4. The molecule has 1 amide bonds. The molecule has 1 unspecified atom stereocenters. The molecule has 27 heavy (non-hydrogen) atoms. The number of amides is 1. The number of hydrogen-bond donors (Lipinski definition) is 1. The van der Waals surface area contributed by atoms with Gasteiger partial charge in [0, 0.05) is 43.0 Å². The Kier molecular flexibility index (Phi) is 6.46. The van der Waals surface area contributed by atoms with Gasteiger partial charge in [0.2, 0.25) is 10.0 Å². The Balaban J connectivity index is 1.55. The van der Waals surface area contributed by atoms with Crippen molar-refractivity contribution >= 4 is 27.5 Å². The maximum atomic E-state index is 12.7. The number of hydrogen-bond acceptors (Lipinski definition) is 3. The topological polar surface area (TPSA) is 62.1 Å². The first-order chi connectivity index (χ1) is 12.8. The van der Waals surface area contributed by atoms with E-state index in [4.69, 9.17) is 11.6 Å². The maximum absolute atomic E-state index is 12.7. The summed E-state index contributed by atoms with van der Waals surface area (Å²) in [5, 5.41) is 0.508. The fraction of sp³-hybridized carbons (Fsp3) is 0.632. The molecule has 2 heterocycles. The lowest BCUT2D eigenvalue weighted by Gasteiger charge is -2.36. The summed E-state index contributed by atoms with van der Waals surface area (Å²) in [7, 11) is -3.54. The molecular weight excluding hydrogens is 386 g/mol. The third-order valence-electron chi connectivity index (χ3n) is 5.52. The number of piperazine rings is 1. The number of quaternary nitrogens is 1. The lowest BCUT2D eigenvalue weighted by Crippen LogP contribution is -3.15. The molecule has 2 aliphatic heterocycles. The average Bonchev–Trinajstić information content (AvgIpc) is 2.61. The maximum Gasteiger partial charge on any atom is 0.277 e. The monoisotopic (exact) mass is 414 g/mol. The van der Waals surface area contributed by atoms with E-state index in [1.165, 1.54) is 27.8 Å². The van der Waals surface area contributed by atoms with Crippen LogP contribution >= 0.6 is 11.6 Å². The van der Waals surface area contributed by atoms with E-state index >= 15 is 0 Å². The summed E-state index contributed by atoms with van der Waals surface area (Å²) < 4.78 is 26.9. The molecule has 1 aromatic rings. The number of sulfonamides is 1. The normalized spacial score (nSPS) is 27.5. The highest BCUT2D eigenvalue weighted by atomic mass is 35.5. The first-order valence-corrected chi connectivity index (χ1v) is 11.4. The van der Waals surface area contributed by atoms with E-state index in [-0.39, 0.29) is 10.8 Å². The Morgan fingerprint density at radius 3 is 2.19 bits per heavy atom. The van der Waals surface area contributed by atoms with Gasteiger partial charge in [-0.15, -0.1) is 0 Å². The van der Waals surface area contributed by atoms with E-state index in [9.17, 15) is 13.2 Å². The molecule has 0 radical (unpaired) electrons. The third-order valence-corrected chi connectivity index (χ3v) is 7.69. The fourth-order valence-corrected chi connectivity index (χ4v) is 5.87. The summed E-state index contributed by atoms with van der Waals surface area (Å²) >= 11 is 5.84. The first-order valence-electron chi connectivity index (χ1n) is 9.62. The molecule has 0 aromatic heterocycles. The second kappa shape index (κ2) is 8.47. The van der Waals surface area contributed by atoms with Crippen molar-refractivity contribution in [3.63, 3.8) is 0 Å². The van der Waals surface area contributed by atoms with Crippen molar-refractivity contribution in [1.29, 1.82) is 0 Å². The minimum atomic E-state index is -3.54. The first kappa shape index (κ1) is 20.6. The summed E-state index contributed by atoms with van der Waals surface area (Å²) in [6.07, 6.45) is 1.24. The van der Waals surface area contributed by atoms with Crippen LogP contribution in [0.15, 0.2) is 29.2 Å². The molecule has 0 bridgehead atoms. The van der Waals surface area contributed by atoms with Gasteiger partial charge in [0.05, 0.1) is 18.0 Å². The molecule has 150 valence electrons. The highest BCUT2D eigenvalue weighted by molar-refractivity contribution is 7.89. The van der Waals surface area contributed by atoms with Crippen molar-refractivity contribution in [3.8, 4) is 0 Å². The van der Waals surface area contributed by atoms with Crippen molar-refractivity contribution in [2.75, 3.05) is 45.8 Å². The molecule has 8 heteroatoms. The van der Waals surface area contributed by atoms with Gasteiger partial charge in [0.15, 0.2) is 6.54 Å². The Morgan fingerprint density at radius 2 is 1.63 bits per heavy atom. The summed E-state index contributed by atoms with van der Waals surface area (Å²) in [6.45, 7) is 8.66. The highest BCUT2D eigenvalue weighted by Gasteiger charge is 2.32. The van der Waals surface area contributed by atoms with Crippen molar-refractivity contribution in [1.82, 2.24) is 9.21 Å². The number of carbonyl (C=O) groups excluding carboxylic acids is 1. The van der Waals surface area contributed by atoms with Gasteiger partial charge >= 0.3 is 0 Å². The quantitative estimate of drug-likeness (QED) is 0.790. The zero-order valence-electron chi connectivity index (χ0n) is 16.0. The molecule has 3 rings (SSSR count). The number of halogens is 1. The van der Waals surface area contributed by atoms with Crippen LogP contribution in [0, 0.1) is 11.8 Å². The minimum Gasteiger partial charge on any atom is -0.335 e. The Bertz CT molecular complexity index is 751. The van der Waals surface area contributed by atoms with Gasteiger partial charge in [0.1, 0.15) is 0 Å². The lowest BCUT2D eigenvalue weighted by molar-refractivity contribution is -0.904. The Morgan fingerprint density at radius 1 is 1.07 bits per heavy atom. The number of nitrogens with zero attached hydrogens (tertiary/aromatic N) is 2. The summed E-state index contributed by atoms with van der Waals surface area (Å²) in [6, 6.07) is 6.21. The molecule has 3 atom stereocenters. The van der Waals surface area contributed by atoms with Crippen LogP contribution in [0.4, 0.5) is 0 Å². The molecule has 1 N–H and O–H groups in total. The van der Waals surface area contributed by atoms with Crippen LogP contribution in [0.2, 0.25) is 5.02 Å². The van der Waals surface area contributed by atoms with Gasteiger partial charge in [-0.05, 0) is 30.7 Å². The van der Waals surface area contributed by atoms with E-state index in [0.717, 1.165) is 13.1 Å². The van der Waals surface area contributed by atoms with E-state index < -0.39 is 10.0 Å². The minimum absolute atomic E-state index is 0.134. The van der Waals surface area contributed by atoms with Gasteiger partial charge in [0.25, 0.3) is 5.91 Å². The van der Waals surface area contributed by atoms with Gasteiger partial charge < -0.3 is 9.80 Å². The molecule has 6 nitrogen and oxygen atoms in total. The summed E-state index contributed by atoms with van der Waals surface area (Å²) in [5.74, 6) is 1.44. The largest absolute Gasteiger partial charge is 0.335 e. The molecule has 1 aromatic carbocycles. The number of piperidine rings is 1. The van der Waals surface area contributed by atoms with Crippen molar-refractivity contribution in [2.24, 2.45) is 11.8 Å². The van der Waals surface area contributed by atoms with Crippen molar-refractivity contribution in [3.05, 3.63) is 29.3 Å². The van der Waals surface area contributed by atoms with Gasteiger partial charge in [-0.1, -0.05) is 25.4 Å². The van der Waals surface area contributed by atoms with Crippen LogP contribution < -0.4 is 4.90 Å².